The van der Waals surface area contributed by atoms with Crippen molar-refractivity contribution in [3.8, 4) is 0 Å². The van der Waals surface area contributed by atoms with Crippen molar-refractivity contribution >= 4 is 33.4 Å². The number of hydrogen-bond donors (Lipinski definition) is 1. The summed E-state index contributed by atoms with van der Waals surface area (Å²) < 4.78 is 13.8. The van der Waals surface area contributed by atoms with Gasteiger partial charge in [-0.3, -0.25) is 4.79 Å². The third kappa shape index (κ3) is 3.38. The van der Waals surface area contributed by atoms with Crippen LogP contribution >= 0.6 is 27.5 Å². The van der Waals surface area contributed by atoms with Crippen LogP contribution in [0.1, 0.15) is 28.9 Å². The van der Waals surface area contributed by atoms with E-state index in [0.717, 1.165) is 0 Å². The van der Waals surface area contributed by atoms with Gasteiger partial charge in [-0.15, -0.1) is 0 Å². The Balaban J connectivity index is 2.17. The first-order chi connectivity index (χ1) is 9.49. The minimum atomic E-state index is -0.330. The molecule has 2 aromatic rings. The summed E-state index contributed by atoms with van der Waals surface area (Å²) in [5.74, 6) is -0.628. The fourth-order valence-corrected chi connectivity index (χ4v) is 2.39. The van der Waals surface area contributed by atoms with E-state index in [2.05, 4.69) is 21.2 Å². The highest BCUT2D eigenvalue weighted by molar-refractivity contribution is 9.10. The summed E-state index contributed by atoms with van der Waals surface area (Å²) in [5, 5.41) is 3.15. The summed E-state index contributed by atoms with van der Waals surface area (Å²) in [4.78, 5) is 12.2. The minimum Gasteiger partial charge on any atom is -0.345 e. The van der Waals surface area contributed by atoms with Crippen LogP contribution in [0.5, 0.6) is 0 Å². The largest absolute Gasteiger partial charge is 0.345 e. The number of carbonyl (C=O) groups excluding carboxylic acids is 1. The Labute approximate surface area is 130 Å². The zero-order chi connectivity index (χ0) is 14.7. The maximum absolute atomic E-state index is 13.2. The van der Waals surface area contributed by atoms with Gasteiger partial charge < -0.3 is 5.32 Å². The molecule has 0 spiro atoms. The average molecular weight is 357 g/mol. The molecule has 2 nitrogen and oxygen atoms in total. The fraction of sp³-hybridized carbons (Fsp3) is 0.133. The molecule has 104 valence electrons. The van der Waals surface area contributed by atoms with Gasteiger partial charge in [0.2, 0.25) is 0 Å². The molecule has 2 rings (SSSR count). The van der Waals surface area contributed by atoms with Gasteiger partial charge in [0.25, 0.3) is 5.91 Å². The van der Waals surface area contributed by atoms with Crippen LogP contribution in [0.25, 0.3) is 0 Å². The standard InChI is InChI=1S/C15H12BrClFNO/c1-9(10-4-2-5-11(18)8-10)19-15(20)12-6-3-7-13(16)14(12)17/h2-9H,1H3,(H,19,20). The second-order valence-electron chi connectivity index (χ2n) is 4.35. The predicted octanol–water partition coefficient (Wildman–Crippen LogP) is 4.73. The van der Waals surface area contributed by atoms with Crippen molar-refractivity contribution in [1.29, 1.82) is 0 Å². The first kappa shape index (κ1) is 15.0. The monoisotopic (exact) mass is 355 g/mol. The summed E-state index contributed by atoms with van der Waals surface area (Å²) in [5.41, 5.74) is 1.08. The molecule has 1 unspecified atom stereocenters. The lowest BCUT2D eigenvalue weighted by Crippen LogP contribution is -2.27. The minimum absolute atomic E-state index is 0.298. The lowest BCUT2D eigenvalue weighted by Gasteiger charge is -2.15. The van der Waals surface area contributed by atoms with Crippen molar-refractivity contribution < 1.29 is 9.18 Å². The van der Waals surface area contributed by atoms with Crippen LogP contribution in [0, 0.1) is 5.82 Å². The summed E-state index contributed by atoms with van der Waals surface area (Å²) in [6, 6.07) is 11.0. The first-order valence-corrected chi connectivity index (χ1v) is 7.16. The number of carbonyl (C=O) groups is 1. The first-order valence-electron chi connectivity index (χ1n) is 5.99. The quantitative estimate of drug-likeness (QED) is 0.846. The van der Waals surface area contributed by atoms with Gasteiger partial charge in [-0.2, -0.15) is 0 Å². The van der Waals surface area contributed by atoms with Gasteiger partial charge in [-0.25, -0.2) is 4.39 Å². The van der Waals surface area contributed by atoms with Gasteiger partial charge in [0.05, 0.1) is 16.6 Å². The van der Waals surface area contributed by atoms with Crippen molar-refractivity contribution in [3.05, 3.63) is 68.9 Å². The highest BCUT2D eigenvalue weighted by atomic mass is 79.9. The van der Waals surface area contributed by atoms with Crippen molar-refractivity contribution in [2.45, 2.75) is 13.0 Å². The van der Waals surface area contributed by atoms with E-state index in [1.54, 1.807) is 37.3 Å². The Morgan fingerprint density at radius 2 is 2.00 bits per heavy atom. The van der Waals surface area contributed by atoms with Crippen molar-refractivity contribution in [3.63, 3.8) is 0 Å². The molecule has 0 radical (unpaired) electrons. The van der Waals surface area contributed by atoms with Crippen LogP contribution in [0.4, 0.5) is 4.39 Å². The average Bonchev–Trinajstić information content (AvgIpc) is 2.41. The summed E-state index contributed by atoms with van der Waals surface area (Å²) in [6.45, 7) is 1.79. The van der Waals surface area contributed by atoms with Crippen LogP contribution in [-0.4, -0.2) is 5.91 Å². The van der Waals surface area contributed by atoms with E-state index in [1.807, 2.05) is 0 Å². The molecule has 0 saturated carbocycles. The molecular formula is C15H12BrClFNO. The normalized spacial score (nSPS) is 12.0. The molecule has 2 aromatic carbocycles. The van der Waals surface area contributed by atoms with Crippen molar-refractivity contribution in [2.75, 3.05) is 0 Å². The second kappa shape index (κ2) is 6.37. The van der Waals surface area contributed by atoms with Gasteiger partial charge in [-0.05, 0) is 52.7 Å². The number of halogens is 3. The Morgan fingerprint density at radius 3 is 2.70 bits per heavy atom. The van der Waals surface area contributed by atoms with E-state index in [1.165, 1.54) is 12.1 Å². The lowest BCUT2D eigenvalue weighted by molar-refractivity contribution is 0.0940. The molecule has 5 heteroatoms. The van der Waals surface area contributed by atoms with Gasteiger partial charge >= 0.3 is 0 Å². The lowest BCUT2D eigenvalue weighted by atomic mass is 10.1. The topological polar surface area (TPSA) is 29.1 Å². The molecule has 0 saturated heterocycles. The highest BCUT2D eigenvalue weighted by Crippen LogP contribution is 2.26. The zero-order valence-corrected chi connectivity index (χ0v) is 13.0. The molecule has 0 aromatic heterocycles. The van der Waals surface area contributed by atoms with E-state index in [4.69, 9.17) is 11.6 Å². The van der Waals surface area contributed by atoms with Gasteiger partial charge in [-0.1, -0.05) is 29.8 Å². The SMILES string of the molecule is CC(NC(=O)c1cccc(Br)c1Cl)c1cccc(F)c1. The molecule has 0 heterocycles. The smallest absolute Gasteiger partial charge is 0.253 e. The number of amides is 1. The Hall–Kier alpha value is -1.39. The Kier molecular flexibility index (Phi) is 4.78. The van der Waals surface area contributed by atoms with Gasteiger partial charge in [0.1, 0.15) is 5.82 Å². The maximum Gasteiger partial charge on any atom is 0.253 e. The maximum atomic E-state index is 13.2. The summed E-state index contributed by atoms with van der Waals surface area (Å²) >= 11 is 9.35. The molecule has 0 aliphatic heterocycles. The second-order valence-corrected chi connectivity index (χ2v) is 5.58. The van der Waals surface area contributed by atoms with E-state index in [-0.39, 0.29) is 17.8 Å². The van der Waals surface area contributed by atoms with Crippen LogP contribution in [0.3, 0.4) is 0 Å². The molecule has 1 atom stereocenters. The van der Waals surface area contributed by atoms with Crippen LogP contribution in [0.2, 0.25) is 5.02 Å². The third-order valence-corrected chi connectivity index (χ3v) is 4.19. The molecule has 0 aliphatic carbocycles. The summed E-state index contributed by atoms with van der Waals surface area (Å²) in [6.07, 6.45) is 0. The molecule has 1 N–H and O–H groups in total. The van der Waals surface area contributed by atoms with Crippen molar-refractivity contribution in [1.82, 2.24) is 5.32 Å². The molecule has 0 aliphatic rings. The molecule has 0 bridgehead atoms. The molecule has 0 fully saturated rings. The summed E-state index contributed by atoms with van der Waals surface area (Å²) in [7, 11) is 0. The third-order valence-electron chi connectivity index (χ3n) is 2.89. The van der Waals surface area contributed by atoms with E-state index < -0.39 is 0 Å². The van der Waals surface area contributed by atoms with Crippen LogP contribution in [-0.2, 0) is 0 Å². The van der Waals surface area contributed by atoms with Crippen LogP contribution < -0.4 is 5.32 Å². The van der Waals surface area contributed by atoms with Gasteiger partial charge in [0, 0.05) is 4.47 Å². The number of benzene rings is 2. The number of hydrogen-bond acceptors (Lipinski definition) is 1. The number of rotatable bonds is 3. The van der Waals surface area contributed by atoms with E-state index in [0.29, 0.717) is 20.6 Å². The van der Waals surface area contributed by atoms with Crippen LogP contribution in [0.15, 0.2) is 46.9 Å². The fourth-order valence-electron chi connectivity index (χ4n) is 1.81. The Morgan fingerprint density at radius 1 is 1.30 bits per heavy atom. The molecule has 1 amide bonds. The molecular weight excluding hydrogens is 345 g/mol. The molecule has 20 heavy (non-hydrogen) atoms. The number of nitrogens with one attached hydrogen (secondary N) is 1. The predicted molar refractivity (Wildman–Crippen MR) is 81.4 cm³/mol. The van der Waals surface area contributed by atoms with Gasteiger partial charge in [0.15, 0.2) is 0 Å². The highest BCUT2D eigenvalue weighted by Gasteiger charge is 2.15. The Bertz CT molecular complexity index is 648. The van der Waals surface area contributed by atoms with Crippen molar-refractivity contribution in [2.24, 2.45) is 0 Å². The zero-order valence-electron chi connectivity index (χ0n) is 10.7. The van der Waals surface area contributed by atoms with E-state index in [9.17, 15) is 9.18 Å². The van der Waals surface area contributed by atoms with E-state index >= 15 is 0 Å².